The first-order chi connectivity index (χ1) is 29.7. The van der Waals surface area contributed by atoms with Crippen molar-refractivity contribution >= 4 is 63.4 Å². The van der Waals surface area contributed by atoms with Crippen LogP contribution in [0.15, 0.2) is 97.4 Å². The average Bonchev–Trinajstić information content (AvgIpc) is 4.01. The van der Waals surface area contributed by atoms with Crippen molar-refractivity contribution in [1.29, 1.82) is 0 Å². The number of benzene rings is 3. The molecule has 3 fully saturated rings. The number of hydrogen-bond donors (Lipinski definition) is 4. The third kappa shape index (κ3) is 7.49. The Bertz CT molecular complexity index is 2470. The molecule has 2 unspecified atom stereocenters. The van der Waals surface area contributed by atoms with Crippen molar-refractivity contribution in [2.75, 3.05) is 55.1 Å². The maximum Gasteiger partial charge on any atom is 0.264 e. The lowest BCUT2D eigenvalue weighted by Gasteiger charge is -2.29. The van der Waals surface area contributed by atoms with Gasteiger partial charge in [0.15, 0.2) is 0 Å². The van der Waals surface area contributed by atoms with E-state index in [-0.39, 0.29) is 52.5 Å². The van der Waals surface area contributed by atoms with Gasteiger partial charge in [-0.25, -0.2) is 0 Å². The summed E-state index contributed by atoms with van der Waals surface area (Å²) in [5, 5.41) is 13.1. The van der Waals surface area contributed by atoms with Crippen molar-refractivity contribution in [2.45, 2.75) is 31.8 Å². The zero-order chi connectivity index (χ0) is 42.2. The molecular formula is C46H45N7O8. The zero-order valence-corrected chi connectivity index (χ0v) is 33.4. The van der Waals surface area contributed by atoms with E-state index in [0.717, 1.165) is 22.3 Å². The number of rotatable bonds is 16. The van der Waals surface area contributed by atoms with Gasteiger partial charge >= 0.3 is 0 Å². The third-order valence-corrected chi connectivity index (χ3v) is 12.2. The summed E-state index contributed by atoms with van der Waals surface area (Å²) in [6.45, 7) is 6.86. The first-order valence-electron chi connectivity index (χ1n) is 20.6. The highest BCUT2D eigenvalue weighted by Gasteiger charge is 2.59. The number of amides is 6. The van der Waals surface area contributed by atoms with E-state index in [0.29, 0.717) is 92.7 Å². The first kappa shape index (κ1) is 39.9. The third-order valence-electron chi connectivity index (χ3n) is 12.2. The number of para-hydroxylation sites is 1. The fourth-order valence-corrected chi connectivity index (χ4v) is 9.29. The number of ether oxygens (including phenoxy) is 2. The summed E-state index contributed by atoms with van der Waals surface area (Å²) in [6, 6.07) is 18.3. The number of hydrogen-bond acceptors (Lipinski definition) is 11. The number of piperidine rings is 1. The van der Waals surface area contributed by atoms with Crippen molar-refractivity contribution in [3.8, 4) is 0 Å². The molecule has 9 rings (SSSR count). The van der Waals surface area contributed by atoms with Gasteiger partial charge in [0, 0.05) is 48.2 Å². The van der Waals surface area contributed by atoms with Crippen LogP contribution in [0, 0.1) is 23.7 Å². The molecule has 61 heavy (non-hydrogen) atoms. The average molecular weight is 824 g/mol. The van der Waals surface area contributed by atoms with Crippen LogP contribution in [0.5, 0.6) is 0 Å². The van der Waals surface area contributed by atoms with Gasteiger partial charge in [0.2, 0.25) is 17.7 Å². The van der Waals surface area contributed by atoms with Gasteiger partial charge in [-0.05, 0) is 85.2 Å². The van der Waals surface area contributed by atoms with Crippen LogP contribution in [0.25, 0.3) is 10.9 Å². The molecule has 1 aromatic heterocycles. The lowest BCUT2D eigenvalue weighted by Crippen LogP contribution is -2.51. The molecular weight excluding hydrogens is 779 g/mol. The van der Waals surface area contributed by atoms with Crippen LogP contribution in [0.2, 0.25) is 0 Å². The largest absolute Gasteiger partial charge is 0.382 e. The molecule has 3 aromatic carbocycles. The Kier molecular flexibility index (Phi) is 11.0. The number of imide groups is 2. The van der Waals surface area contributed by atoms with Gasteiger partial charge in [-0.2, -0.15) is 0 Å². The van der Waals surface area contributed by atoms with Gasteiger partial charge in [-0.3, -0.25) is 43.6 Å². The van der Waals surface area contributed by atoms with E-state index in [9.17, 15) is 28.8 Å². The molecule has 15 heteroatoms. The highest BCUT2D eigenvalue weighted by molar-refractivity contribution is 6.25. The van der Waals surface area contributed by atoms with Crippen molar-refractivity contribution in [1.82, 2.24) is 20.5 Å². The Balaban J connectivity index is 0.694. The van der Waals surface area contributed by atoms with E-state index in [1.807, 2.05) is 18.2 Å². The molecule has 4 heterocycles. The lowest BCUT2D eigenvalue weighted by molar-refractivity contribution is -0.125. The molecule has 5 aliphatic rings. The summed E-state index contributed by atoms with van der Waals surface area (Å²) in [4.78, 5) is 85.7. The Morgan fingerprint density at radius 1 is 0.820 bits per heavy atom. The molecule has 15 nitrogen and oxygen atoms in total. The summed E-state index contributed by atoms with van der Waals surface area (Å²) in [5.41, 5.74) is 4.70. The number of aromatic nitrogens is 1. The van der Waals surface area contributed by atoms with Gasteiger partial charge in [-0.15, -0.1) is 0 Å². The predicted molar refractivity (Wildman–Crippen MR) is 225 cm³/mol. The maximum atomic E-state index is 13.3. The molecule has 0 spiro atoms. The number of allylic oxidation sites excluding steroid dienone is 3. The van der Waals surface area contributed by atoms with E-state index in [1.165, 1.54) is 4.90 Å². The Morgan fingerprint density at radius 3 is 2.26 bits per heavy atom. The Morgan fingerprint density at radius 2 is 1.52 bits per heavy atom. The van der Waals surface area contributed by atoms with Crippen LogP contribution >= 0.6 is 0 Å². The molecule has 4 aromatic rings. The molecule has 5 atom stereocenters. The SMILES string of the molecule is C=C1CCC(N2C(=O)c3cccc(NCCOCCOCCNCc4ccnc5c(NC(=O)c6ccc(N7C(=O)[C@@H]8[C@H](C7=O)C7C=C[C@H]8C7)cc6)cccc45)c3C2=O)C(=O)N1. The van der Waals surface area contributed by atoms with Crippen molar-refractivity contribution < 1.29 is 38.2 Å². The summed E-state index contributed by atoms with van der Waals surface area (Å²) >= 11 is 0. The molecule has 6 amide bonds. The van der Waals surface area contributed by atoms with Crippen molar-refractivity contribution in [2.24, 2.45) is 23.7 Å². The fourth-order valence-electron chi connectivity index (χ4n) is 9.29. The van der Waals surface area contributed by atoms with Crippen LogP contribution in [-0.4, -0.2) is 90.9 Å². The molecule has 4 N–H and O–H groups in total. The van der Waals surface area contributed by atoms with Gasteiger partial charge in [0.25, 0.3) is 17.7 Å². The smallest absolute Gasteiger partial charge is 0.264 e. The number of nitrogens with zero attached hydrogens (tertiary/aromatic N) is 3. The van der Waals surface area contributed by atoms with Crippen molar-refractivity contribution in [3.05, 3.63) is 120 Å². The minimum atomic E-state index is -0.869. The van der Waals surface area contributed by atoms with Gasteiger partial charge in [0.1, 0.15) is 6.04 Å². The number of pyridine rings is 1. The van der Waals surface area contributed by atoms with E-state index in [2.05, 4.69) is 45.0 Å². The minimum Gasteiger partial charge on any atom is -0.382 e. The molecule has 2 saturated heterocycles. The second-order valence-corrected chi connectivity index (χ2v) is 15.9. The zero-order valence-electron chi connectivity index (χ0n) is 33.4. The minimum absolute atomic E-state index is 0.131. The molecule has 312 valence electrons. The number of carbonyl (C=O) groups is 6. The standard InChI is InChI=1S/C46H45N7O8/c1-26-8-15-36(42(55)50-26)53-43(56)33-5-3-6-34(39(33)46(53)59)48-19-21-61-23-22-60-20-18-47-25-30-16-17-49-40-32(30)4-2-7-35(40)51-41(54)27-11-13-31(14-12-27)52-44(57)37-28-9-10-29(24-28)38(37)45(52)58/h2-7,9-14,16-17,28-29,36-38,47-48H,1,8,15,18-25H2,(H,50,55)(H,51,54)/t28-,29?,36?,37-,38+/m0/s1. The molecule has 2 bridgehead atoms. The van der Waals surface area contributed by atoms with Crippen LogP contribution in [0.1, 0.15) is 55.9 Å². The molecule has 2 aliphatic carbocycles. The van der Waals surface area contributed by atoms with Gasteiger partial charge in [-0.1, -0.05) is 36.9 Å². The monoisotopic (exact) mass is 823 g/mol. The second-order valence-electron chi connectivity index (χ2n) is 15.9. The number of nitrogens with one attached hydrogen (secondary N) is 4. The highest BCUT2D eigenvalue weighted by Crippen LogP contribution is 2.53. The van der Waals surface area contributed by atoms with Crippen LogP contribution in [0.4, 0.5) is 17.1 Å². The maximum absolute atomic E-state index is 13.3. The van der Waals surface area contributed by atoms with Crippen LogP contribution < -0.4 is 26.2 Å². The summed E-state index contributed by atoms with van der Waals surface area (Å²) in [6.07, 6.45) is 7.55. The van der Waals surface area contributed by atoms with E-state index >= 15 is 0 Å². The summed E-state index contributed by atoms with van der Waals surface area (Å²) in [5.74, 6) is -2.32. The molecule has 1 saturated carbocycles. The van der Waals surface area contributed by atoms with Crippen molar-refractivity contribution in [3.63, 3.8) is 0 Å². The predicted octanol–water partition coefficient (Wildman–Crippen LogP) is 4.42. The van der Waals surface area contributed by atoms with E-state index < -0.39 is 23.8 Å². The quantitative estimate of drug-likeness (QED) is 0.0712. The number of carbonyl (C=O) groups excluding carboxylic acids is 6. The van der Waals surface area contributed by atoms with E-state index in [1.54, 1.807) is 54.7 Å². The first-order valence-corrected chi connectivity index (χ1v) is 20.6. The Hall–Kier alpha value is -6.55. The van der Waals surface area contributed by atoms with Gasteiger partial charge < -0.3 is 30.7 Å². The second kappa shape index (κ2) is 16.8. The van der Waals surface area contributed by atoms with Crippen LogP contribution in [0.3, 0.4) is 0 Å². The molecule has 3 aliphatic heterocycles. The van der Waals surface area contributed by atoms with Crippen LogP contribution in [-0.2, 0) is 30.4 Å². The fraction of sp³-hybridized carbons (Fsp3) is 0.326. The highest BCUT2D eigenvalue weighted by atomic mass is 16.5. The lowest BCUT2D eigenvalue weighted by atomic mass is 9.85. The normalized spacial score (nSPS) is 22.7. The number of fused-ring (bicyclic) bond motifs is 7. The summed E-state index contributed by atoms with van der Waals surface area (Å²) < 4.78 is 11.5. The van der Waals surface area contributed by atoms with E-state index in [4.69, 9.17) is 9.47 Å². The summed E-state index contributed by atoms with van der Waals surface area (Å²) in [7, 11) is 0. The molecule has 0 radical (unpaired) electrons. The number of anilines is 3. The Labute approximate surface area is 351 Å². The van der Waals surface area contributed by atoms with Gasteiger partial charge in [0.05, 0.1) is 66.3 Å². The topological polar surface area (TPSA) is 188 Å².